The van der Waals surface area contributed by atoms with E-state index in [1.54, 1.807) is 0 Å². The van der Waals surface area contributed by atoms with E-state index in [1.807, 2.05) is 0 Å². The molecule has 0 aromatic rings. The van der Waals surface area contributed by atoms with Crippen LogP contribution in [0, 0.1) is 23.7 Å². The van der Waals surface area contributed by atoms with Crippen molar-refractivity contribution in [3.63, 3.8) is 0 Å². The summed E-state index contributed by atoms with van der Waals surface area (Å²) in [5.74, 6) is 3.37. The Bertz CT molecular complexity index is 201. The molecule has 1 heteroatoms. The molecule has 6 atom stereocenters. The predicted molar refractivity (Wildman–Crippen MR) is 68.4 cm³/mol. The molecule has 2 aliphatic rings. The zero-order valence-corrected chi connectivity index (χ0v) is 11.4. The van der Waals surface area contributed by atoms with Crippen LogP contribution in [-0.4, -0.2) is 12.2 Å². The molecule has 94 valence electrons. The fraction of sp³-hybridized carbons (Fsp3) is 1.00. The van der Waals surface area contributed by atoms with Crippen LogP contribution in [0.4, 0.5) is 0 Å². The zero-order valence-electron chi connectivity index (χ0n) is 11.4. The minimum atomic E-state index is 0.491. The van der Waals surface area contributed by atoms with Gasteiger partial charge in [-0.2, -0.15) is 0 Å². The van der Waals surface area contributed by atoms with Crippen LogP contribution in [0.3, 0.4) is 0 Å². The van der Waals surface area contributed by atoms with E-state index in [4.69, 9.17) is 4.74 Å². The summed E-state index contributed by atoms with van der Waals surface area (Å²) in [5.41, 5.74) is 0. The number of hydrogen-bond donors (Lipinski definition) is 0. The Labute approximate surface area is 101 Å². The van der Waals surface area contributed by atoms with Crippen molar-refractivity contribution in [2.75, 3.05) is 0 Å². The van der Waals surface area contributed by atoms with Gasteiger partial charge in [-0.1, -0.05) is 33.6 Å². The first-order valence-electron chi connectivity index (χ1n) is 7.23. The van der Waals surface area contributed by atoms with E-state index in [2.05, 4.69) is 27.7 Å². The quantitative estimate of drug-likeness (QED) is 0.646. The van der Waals surface area contributed by atoms with Crippen molar-refractivity contribution in [3.8, 4) is 0 Å². The van der Waals surface area contributed by atoms with Crippen molar-refractivity contribution in [2.24, 2.45) is 23.7 Å². The van der Waals surface area contributed by atoms with E-state index in [9.17, 15) is 0 Å². The maximum absolute atomic E-state index is 6.26. The average molecular weight is 224 g/mol. The van der Waals surface area contributed by atoms with Gasteiger partial charge in [0.05, 0.1) is 12.2 Å². The van der Waals surface area contributed by atoms with E-state index in [0.29, 0.717) is 12.2 Å². The molecular weight excluding hydrogens is 196 g/mol. The molecule has 0 aromatic heterocycles. The zero-order chi connectivity index (χ0) is 11.7. The van der Waals surface area contributed by atoms with E-state index in [1.165, 1.54) is 32.1 Å². The second-order valence-electron chi connectivity index (χ2n) is 6.53. The van der Waals surface area contributed by atoms with Gasteiger partial charge in [0, 0.05) is 0 Å². The standard InChI is InChI=1S/C15H28O/c1-10-5-6-11(2)14(9-10)15-12(3)7-8-13(4)16-15/h10-15H,5-9H2,1-4H3. The monoisotopic (exact) mass is 224 g/mol. The first-order chi connectivity index (χ1) is 7.58. The van der Waals surface area contributed by atoms with Crippen molar-refractivity contribution in [1.82, 2.24) is 0 Å². The first-order valence-corrected chi connectivity index (χ1v) is 7.23. The molecule has 16 heavy (non-hydrogen) atoms. The van der Waals surface area contributed by atoms with Crippen molar-refractivity contribution in [3.05, 3.63) is 0 Å². The van der Waals surface area contributed by atoms with Crippen LogP contribution < -0.4 is 0 Å². The molecule has 2 fully saturated rings. The topological polar surface area (TPSA) is 9.23 Å². The molecule has 1 aliphatic heterocycles. The van der Waals surface area contributed by atoms with Gasteiger partial charge in [-0.15, -0.1) is 0 Å². The van der Waals surface area contributed by atoms with Crippen molar-refractivity contribution in [2.45, 2.75) is 72.0 Å². The van der Waals surface area contributed by atoms with E-state index < -0.39 is 0 Å². The lowest BCUT2D eigenvalue weighted by molar-refractivity contribution is -0.118. The van der Waals surface area contributed by atoms with Crippen LogP contribution in [0.2, 0.25) is 0 Å². The Morgan fingerprint density at radius 3 is 2.25 bits per heavy atom. The van der Waals surface area contributed by atoms with Gasteiger partial charge in [0.1, 0.15) is 0 Å². The third-order valence-corrected chi connectivity index (χ3v) is 4.92. The largest absolute Gasteiger partial charge is 0.375 e. The number of hydrogen-bond acceptors (Lipinski definition) is 1. The van der Waals surface area contributed by atoms with Gasteiger partial charge in [0.15, 0.2) is 0 Å². The van der Waals surface area contributed by atoms with Crippen LogP contribution in [0.5, 0.6) is 0 Å². The lowest BCUT2D eigenvalue weighted by Gasteiger charge is -2.44. The third-order valence-electron chi connectivity index (χ3n) is 4.92. The van der Waals surface area contributed by atoms with Gasteiger partial charge in [0.2, 0.25) is 0 Å². The van der Waals surface area contributed by atoms with Gasteiger partial charge >= 0.3 is 0 Å². The Morgan fingerprint density at radius 2 is 1.50 bits per heavy atom. The Hall–Kier alpha value is -0.0400. The van der Waals surface area contributed by atoms with Crippen molar-refractivity contribution >= 4 is 0 Å². The number of rotatable bonds is 1. The van der Waals surface area contributed by atoms with Crippen LogP contribution in [-0.2, 0) is 4.74 Å². The summed E-state index contributed by atoms with van der Waals surface area (Å²) in [5, 5.41) is 0. The minimum Gasteiger partial charge on any atom is -0.375 e. The fourth-order valence-corrected chi connectivity index (χ4v) is 3.69. The van der Waals surface area contributed by atoms with Crippen molar-refractivity contribution in [1.29, 1.82) is 0 Å². The second-order valence-corrected chi connectivity index (χ2v) is 6.53. The molecule has 0 radical (unpaired) electrons. The van der Waals surface area contributed by atoms with Crippen LogP contribution in [0.1, 0.15) is 59.8 Å². The Balaban J connectivity index is 2.02. The highest BCUT2D eigenvalue weighted by atomic mass is 16.5. The van der Waals surface area contributed by atoms with Gasteiger partial charge in [-0.25, -0.2) is 0 Å². The smallest absolute Gasteiger partial charge is 0.0635 e. The predicted octanol–water partition coefficient (Wildman–Crippen LogP) is 4.26. The maximum Gasteiger partial charge on any atom is 0.0635 e. The summed E-state index contributed by atoms with van der Waals surface area (Å²) < 4.78 is 6.26. The van der Waals surface area contributed by atoms with E-state index in [0.717, 1.165) is 23.7 Å². The Morgan fingerprint density at radius 1 is 0.812 bits per heavy atom. The summed E-state index contributed by atoms with van der Waals surface area (Å²) in [6, 6.07) is 0. The molecule has 1 nitrogen and oxygen atoms in total. The minimum absolute atomic E-state index is 0.491. The molecule has 1 saturated heterocycles. The average Bonchev–Trinajstić information content (AvgIpc) is 2.25. The lowest BCUT2D eigenvalue weighted by atomic mass is 9.69. The third kappa shape index (κ3) is 2.61. The van der Waals surface area contributed by atoms with Gasteiger partial charge < -0.3 is 4.74 Å². The van der Waals surface area contributed by atoms with E-state index in [-0.39, 0.29) is 0 Å². The second kappa shape index (κ2) is 5.08. The molecule has 1 saturated carbocycles. The normalized spacial score (nSPS) is 50.2. The molecule has 2 rings (SSSR count). The van der Waals surface area contributed by atoms with E-state index >= 15 is 0 Å². The van der Waals surface area contributed by atoms with Gasteiger partial charge in [0.25, 0.3) is 0 Å². The highest BCUT2D eigenvalue weighted by molar-refractivity contribution is 4.87. The highest BCUT2D eigenvalue weighted by Crippen LogP contribution is 2.41. The molecule has 1 aliphatic carbocycles. The van der Waals surface area contributed by atoms with Crippen LogP contribution in [0.15, 0.2) is 0 Å². The van der Waals surface area contributed by atoms with Crippen LogP contribution >= 0.6 is 0 Å². The van der Waals surface area contributed by atoms with Crippen molar-refractivity contribution < 1.29 is 4.74 Å². The lowest BCUT2D eigenvalue weighted by Crippen LogP contribution is -2.42. The molecule has 0 spiro atoms. The molecule has 0 amide bonds. The SMILES string of the molecule is CC1CCC(C)C(C2OC(C)CCC2C)C1. The summed E-state index contributed by atoms with van der Waals surface area (Å²) in [6.07, 6.45) is 7.88. The summed E-state index contributed by atoms with van der Waals surface area (Å²) in [7, 11) is 0. The highest BCUT2D eigenvalue weighted by Gasteiger charge is 2.38. The first kappa shape index (κ1) is 12.4. The molecule has 0 N–H and O–H groups in total. The summed E-state index contributed by atoms with van der Waals surface area (Å²) >= 11 is 0. The molecule has 0 bridgehead atoms. The number of ether oxygens (including phenoxy) is 1. The molecule has 0 aromatic carbocycles. The molecule has 1 heterocycles. The fourth-order valence-electron chi connectivity index (χ4n) is 3.69. The maximum atomic E-state index is 6.26. The molecule has 6 unspecified atom stereocenters. The van der Waals surface area contributed by atoms with Crippen LogP contribution in [0.25, 0.3) is 0 Å². The Kier molecular flexibility index (Phi) is 3.94. The molecular formula is C15H28O. The van der Waals surface area contributed by atoms with Gasteiger partial charge in [-0.05, 0) is 49.9 Å². The summed E-state index contributed by atoms with van der Waals surface area (Å²) in [6.45, 7) is 9.49. The summed E-state index contributed by atoms with van der Waals surface area (Å²) in [4.78, 5) is 0. The van der Waals surface area contributed by atoms with Gasteiger partial charge in [-0.3, -0.25) is 0 Å².